The van der Waals surface area contributed by atoms with Crippen LogP contribution in [0.15, 0.2) is 83.8 Å². The van der Waals surface area contributed by atoms with Gasteiger partial charge in [-0.3, -0.25) is 9.59 Å². The quantitative estimate of drug-likeness (QED) is 0.654. The molecule has 0 atom stereocenters. The molecule has 27 heavy (non-hydrogen) atoms. The van der Waals surface area contributed by atoms with Gasteiger partial charge in [-0.2, -0.15) is 0 Å². The average molecular weight is 377 g/mol. The van der Waals surface area contributed by atoms with E-state index in [1.54, 1.807) is 36.4 Å². The fraction of sp³-hybridized carbons (Fsp3) is 0.0476. The van der Waals surface area contributed by atoms with Crippen LogP contribution in [0, 0.1) is 0 Å². The van der Waals surface area contributed by atoms with Gasteiger partial charge >= 0.3 is 0 Å². The maximum absolute atomic E-state index is 12.6. The number of ketones is 1. The molecule has 0 radical (unpaired) electrons. The van der Waals surface area contributed by atoms with E-state index in [1.165, 1.54) is 12.1 Å². The standard InChI is InChI=1S/C21H15NO4S/c23-19(17-12-10-16(11-13-17)15-6-2-1-3-7-15)14-22-21(24)18-8-4-5-9-20(18)27(22,25)26/h1-13H,14H2. The number of amides is 1. The van der Waals surface area contributed by atoms with Crippen LogP contribution in [-0.4, -0.2) is 31.0 Å². The summed E-state index contributed by atoms with van der Waals surface area (Å²) in [4.78, 5) is 24.9. The molecule has 1 amide bonds. The molecule has 0 fully saturated rings. The first-order chi connectivity index (χ1) is 13.0. The summed E-state index contributed by atoms with van der Waals surface area (Å²) in [7, 11) is -3.99. The summed E-state index contributed by atoms with van der Waals surface area (Å²) >= 11 is 0. The summed E-state index contributed by atoms with van der Waals surface area (Å²) < 4.78 is 25.8. The topological polar surface area (TPSA) is 71.5 Å². The number of hydrogen-bond donors (Lipinski definition) is 0. The van der Waals surface area contributed by atoms with E-state index in [1.807, 2.05) is 30.3 Å². The zero-order chi connectivity index (χ0) is 19.0. The van der Waals surface area contributed by atoms with Gasteiger partial charge in [-0.1, -0.05) is 66.7 Å². The minimum absolute atomic E-state index is 0.0535. The Hall–Kier alpha value is -3.25. The number of rotatable bonds is 4. The van der Waals surface area contributed by atoms with Crippen LogP contribution in [0.4, 0.5) is 0 Å². The molecule has 0 saturated heterocycles. The van der Waals surface area contributed by atoms with Crippen LogP contribution < -0.4 is 0 Å². The number of hydrogen-bond acceptors (Lipinski definition) is 4. The molecule has 5 nitrogen and oxygen atoms in total. The predicted octanol–water partition coefficient (Wildman–Crippen LogP) is 3.38. The van der Waals surface area contributed by atoms with Crippen molar-refractivity contribution in [3.05, 3.63) is 90.0 Å². The molecule has 0 aromatic heterocycles. The second-order valence-corrected chi connectivity index (χ2v) is 8.01. The Balaban J connectivity index is 1.57. The van der Waals surface area contributed by atoms with Gasteiger partial charge in [0, 0.05) is 5.56 Å². The molecule has 3 aromatic rings. The third-order valence-electron chi connectivity index (χ3n) is 4.51. The Morgan fingerprint density at radius 3 is 2.04 bits per heavy atom. The normalized spacial score (nSPS) is 14.8. The Labute approximate surface area is 156 Å². The minimum atomic E-state index is -3.99. The number of fused-ring (bicyclic) bond motifs is 1. The Morgan fingerprint density at radius 1 is 0.778 bits per heavy atom. The molecule has 0 bridgehead atoms. The second-order valence-electron chi connectivity index (χ2n) is 6.18. The van der Waals surface area contributed by atoms with E-state index in [0.29, 0.717) is 9.87 Å². The molecule has 6 heteroatoms. The number of sulfonamides is 1. The van der Waals surface area contributed by atoms with Gasteiger partial charge in [0.2, 0.25) is 0 Å². The lowest BCUT2D eigenvalue weighted by molar-refractivity contribution is 0.0820. The lowest BCUT2D eigenvalue weighted by atomic mass is 10.0. The lowest BCUT2D eigenvalue weighted by Crippen LogP contribution is -2.35. The summed E-state index contributed by atoms with van der Waals surface area (Å²) in [5, 5.41) is 0. The predicted molar refractivity (Wildman–Crippen MR) is 101 cm³/mol. The van der Waals surface area contributed by atoms with Crippen LogP contribution in [0.25, 0.3) is 11.1 Å². The molecule has 0 N–H and O–H groups in total. The van der Waals surface area contributed by atoms with Crippen LogP contribution in [0.3, 0.4) is 0 Å². The number of carbonyl (C=O) groups excluding carboxylic acids is 2. The first-order valence-corrected chi connectivity index (χ1v) is 9.77. The van der Waals surface area contributed by atoms with Crippen molar-refractivity contribution in [1.29, 1.82) is 0 Å². The summed E-state index contributed by atoms with van der Waals surface area (Å²) in [6, 6.07) is 22.6. The number of carbonyl (C=O) groups is 2. The van der Waals surface area contributed by atoms with Crippen molar-refractivity contribution in [3.63, 3.8) is 0 Å². The Morgan fingerprint density at radius 2 is 1.37 bits per heavy atom. The molecule has 134 valence electrons. The van der Waals surface area contributed by atoms with Crippen molar-refractivity contribution in [3.8, 4) is 11.1 Å². The van der Waals surface area contributed by atoms with E-state index in [2.05, 4.69) is 0 Å². The average Bonchev–Trinajstić information content (AvgIpc) is 2.90. The van der Waals surface area contributed by atoms with Crippen LogP contribution in [0.5, 0.6) is 0 Å². The van der Waals surface area contributed by atoms with E-state index in [4.69, 9.17) is 0 Å². The highest BCUT2D eigenvalue weighted by Gasteiger charge is 2.41. The molecule has 0 spiro atoms. The van der Waals surface area contributed by atoms with Gasteiger partial charge in [0.25, 0.3) is 15.9 Å². The zero-order valence-electron chi connectivity index (χ0n) is 14.2. The maximum atomic E-state index is 12.6. The van der Waals surface area contributed by atoms with Gasteiger partial charge in [0.1, 0.15) is 11.4 Å². The van der Waals surface area contributed by atoms with Gasteiger partial charge in [-0.15, -0.1) is 0 Å². The largest absolute Gasteiger partial charge is 0.292 e. The smallest absolute Gasteiger partial charge is 0.269 e. The molecule has 0 aliphatic carbocycles. The molecule has 1 heterocycles. The number of nitrogens with zero attached hydrogens (tertiary/aromatic N) is 1. The molecule has 0 unspecified atom stereocenters. The molecule has 4 rings (SSSR count). The van der Waals surface area contributed by atoms with Crippen LogP contribution in [-0.2, 0) is 10.0 Å². The van der Waals surface area contributed by atoms with Crippen molar-refractivity contribution < 1.29 is 18.0 Å². The van der Waals surface area contributed by atoms with Crippen molar-refractivity contribution >= 4 is 21.7 Å². The lowest BCUT2D eigenvalue weighted by Gasteiger charge is -2.14. The van der Waals surface area contributed by atoms with Crippen molar-refractivity contribution in [2.75, 3.05) is 6.54 Å². The molecule has 1 aliphatic rings. The van der Waals surface area contributed by atoms with Crippen LogP contribution in [0.2, 0.25) is 0 Å². The van der Waals surface area contributed by atoms with Crippen LogP contribution in [0.1, 0.15) is 20.7 Å². The molecular formula is C21H15NO4S. The molecule has 1 aliphatic heterocycles. The third kappa shape index (κ3) is 2.94. The van der Waals surface area contributed by atoms with Gasteiger partial charge in [-0.25, -0.2) is 12.7 Å². The third-order valence-corrected chi connectivity index (χ3v) is 6.30. The summed E-state index contributed by atoms with van der Waals surface area (Å²) in [6.07, 6.45) is 0. The molecular weight excluding hydrogens is 362 g/mol. The van der Waals surface area contributed by atoms with E-state index < -0.39 is 28.3 Å². The second kappa shape index (κ2) is 6.48. The van der Waals surface area contributed by atoms with E-state index in [-0.39, 0.29) is 10.5 Å². The van der Waals surface area contributed by atoms with Crippen LogP contribution >= 0.6 is 0 Å². The highest BCUT2D eigenvalue weighted by atomic mass is 32.2. The first-order valence-electron chi connectivity index (χ1n) is 8.33. The van der Waals surface area contributed by atoms with E-state index in [9.17, 15) is 18.0 Å². The Bertz CT molecular complexity index is 1140. The van der Waals surface area contributed by atoms with E-state index in [0.717, 1.165) is 11.1 Å². The van der Waals surface area contributed by atoms with Crippen molar-refractivity contribution in [2.24, 2.45) is 0 Å². The van der Waals surface area contributed by atoms with E-state index >= 15 is 0 Å². The monoisotopic (exact) mass is 377 g/mol. The highest BCUT2D eigenvalue weighted by Crippen LogP contribution is 2.30. The fourth-order valence-corrected chi connectivity index (χ4v) is 4.61. The highest BCUT2D eigenvalue weighted by molar-refractivity contribution is 7.90. The van der Waals surface area contributed by atoms with Crippen molar-refractivity contribution in [1.82, 2.24) is 4.31 Å². The van der Waals surface area contributed by atoms with Crippen molar-refractivity contribution in [2.45, 2.75) is 4.90 Å². The zero-order valence-corrected chi connectivity index (χ0v) is 15.0. The minimum Gasteiger partial charge on any atom is -0.292 e. The van der Waals surface area contributed by atoms with Gasteiger partial charge in [0.15, 0.2) is 5.78 Å². The molecule has 0 saturated carbocycles. The van der Waals surface area contributed by atoms with Gasteiger partial charge in [0.05, 0.1) is 5.56 Å². The maximum Gasteiger partial charge on any atom is 0.269 e. The first kappa shape index (κ1) is 17.2. The number of benzene rings is 3. The number of Topliss-reactive ketones (excluding diaryl/α,β-unsaturated/α-hetero) is 1. The van der Waals surface area contributed by atoms with Gasteiger partial charge < -0.3 is 0 Å². The molecule has 3 aromatic carbocycles. The Kier molecular flexibility index (Phi) is 4.12. The fourth-order valence-electron chi connectivity index (χ4n) is 3.09. The summed E-state index contributed by atoms with van der Waals surface area (Å²) in [6.45, 7) is -0.513. The summed E-state index contributed by atoms with van der Waals surface area (Å²) in [5.41, 5.74) is 2.42. The SMILES string of the molecule is O=C(CN1C(=O)c2ccccc2S1(=O)=O)c1ccc(-c2ccccc2)cc1. The summed E-state index contributed by atoms with van der Waals surface area (Å²) in [5.74, 6) is -1.10. The van der Waals surface area contributed by atoms with Gasteiger partial charge in [-0.05, 0) is 23.3 Å².